The van der Waals surface area contributed by atoms with Crippen LogP contribution in [0.1, 0.15) is 47.7 Å². The molecule has 1 heterocycles. The fraction of sp³-hybridized carbons (Fsp3) is 0.643. The third-order valence-electron chi connectivity index (χ3n) is 3.84. The Hall–Kier alpha value is -0.870. The van der Waals surface area contributed by atoms with Crippen LogP contribution in [0.15, 0.2) is 12.1 Å². The van der Waals surface area contributed by atoms with Gasteiger partial charge >= 0.3 is 5.97 Å². The lowest BCUT2D eigenvalue weighted by Crippen LogP contribution is -2.38. The van der Waals surface area contributed by atoms with E-state index in [-0.39, 0.29) is 0 Å². The lowest BCUT2D eigenvalue weighted by molar-refractivity contribution is 0.0702. The van der Waals surface area contributed by atoms with E-state index in [2.05, 4.69) is 19.2 Å². The Morgan fingerprint density at radius 3 is 2.83 bits per heavy atom. The zero-order chi connectivity index (χ0) is 13.1. The molecule has 0 aromatic carbocycles. The smallest absolute Gasteiger partial charge is 0.345 e. The number of carbonyl (C=O) groups is 1. The van der Waals surface area contributed by atoms with Gasteiger partial charge in [-0.05, 0) is 43.2 Å². The second-order valence-corrected chi connectivity index (χ2v) is 6.62. The number of aromatic carboxylic acids is 1. The Kier molecular flexibility index (Phi) is 4.40. The van der Waals surface area contributed by atoms with Crippen LogP contribution in [0.4, 0.5) is 0 Å². The van der Waals surface area contributed by atoms with E-state index in [0.717, 1.165) is 17.3 Å². The van der Waals surface area contributed by atoms with E-state index in [1.807, 2.05) is 6.07 Å². The maximum Gasteiger partial charge on any atom is 0.345 e. The minimum Gasteiger partial charge on any atom is -0.477 e. The molecule has 0 saturated heterocycles. The van der Waals surface area contributed by atoms with Gasteiger partial charge in [0, 0.05) is 17.5 Å². The van der Waals surface area contributed by atoms with Gasteiger partial charge in [0.25, 0.3) is 0 Å². The molecule has 0 radical (unpaired) electrons. The third-order valence-corrected chi connectivity index (χ3v) is 4.92. The highest BCUT2D eigenvalue weighted by atomic mass is 32.1. The van der Waals surface area contributed by atoms with Gasteiger partial charge in [-0.25, -0.2) is 4.79 Å². The van der Waals surface area contributed by atoms with Crippen LogP contribution < -0.4 is 5.32 Å². The van der Waals surface area contributed by atoms with Crippen molar-refractivity contribution in [3.8, 4) is 0 Å². The summed E-state index contributed by atoms with van der Waals surface area (Å²) in [7, 11) is 0. The summed E-state index contributed by atoms with van der Waals surface area (Å²) in [6.45, 7) is 5.43. The summed E-state index contributed by atoms with van der Waals surface area (Å²) < 4.78 is 0. The quantitative estimate of drug-likeness (QED) is 0.879. The maximum absolute atomic E-state index is 10.8. The Balaban J connectivity index is 1.85. The van der Waals surface area contributed by atoms with E-state index < -0.39 is 5.97 Å². The molecular weight excluding hydrogens is 246 g/mol. The van der Waals surface area contributed by atoms with Gasteiger partial charge in [-0.15, -0.1) is 11.3 Å². The summed E-state index contributed by atoms with van der Waals surface area (Å²) in [5.74, 6) is 0.733. The van der Waals surface area contributed by atoms with Crippen LogP contribution in [-0.4, -0.2) is 17.1 Å². The highest BCUT2D eigenvalue weighted by Crippen LogP contribution is 2.29. The minimum atomic E-state index is -0.828. The molecule has 2 rings (SSSR count). The average molecular weight is 267 g/mol. The van der Waals surface area contributed by atoms with Crippen molar-refractivity contribution in [3.63, 3.8) is 0 Å². The molecule has 100 valence electrons. The predicted octanol–water partition coefficient (Wildman–Crippen LogP) is 3.36. The molecule has 1 aliphatic carbocycles. The summed E-state index contributed by atoms with van der Waals surface area (Å²) in [6, 6.07) is 4.18. The molecule has 0 aliphatic heterocycles. The van der Waals surface area contributed by atoms with Gasteiger partial charge in [0.2, 0.25) is 0 Å². The molecule has 1 aliphatic rings. The fourth-order valence-corrected chi connectivity index (χ4v) is 3.59. The van der Waals surface area contributed by atoms with Crippen molar-refractivity contribution < 1.29 is 9.90 Å². The molecule has 0 amide bonds. The number of hydrogen-bond acceptors (Lipinski definition) is 3. The predicted molar refractivity (Wildman–Crippen MR) is 74.1 cm³/mol. The van der Waals surface area contributed by atoms with Crippen LogP contribution in [0.2, 0.25) is 0 Å². The Bertz CT molecular complexity index is 416. The number of nitrogens with one attached hydrogen (secondary N) is 1. The van der Waals surface area contributed by atoms with Gasteiger partial charge in [0.05, 0.1) is 0 Å². The summed E-state index contributed by atoms with van der Waals surface area (Å²) in [5.41, 5.74) is 0. The third kappa shape index (κ3) is 3.33. The Morgan fingerprint density at radius 2 is 2.22 bits per heavy atom. The van der Waals surface area contributed by atoms with Gasteiger partial charge in [0.1, 0.15) is 4.88 Å². The molecule has 2 N–H and O–H groups in total. The van der Waals surface area contributed by atoms with E-state index in [4.69, 9.17) is 5.11 Å². The number of carboxylic acids is 1. The molecular formula is C14H21NO2S. The first-order chi connectivity index (χ1) is 8.56. The molecule has 3 unspecified atom stereocenters. The molecule has 1 saturated carbocycles. The molecule has 0 spiro atoms. The first kappa shape index (κ1) is 13.6. The van der Waals surface area contributed by atoms with E-state index in [1.54, 1.807) is 6.07 Å². The molecule has 3 atom stereocenters. The SMILES string of the molecule is CC1CCC(NCc2ccc(C(=O)O)s2)C(C)C1. The number of rotatable bonds is 4. The standard InChI is InChI=1S/C14H21NO2S/c1-9-3-5-12(10(2)7-9)15-8-11-4-6-13(18-11)14(16)17/h4,6,9-10,12,15H,3,5,7-8H2,1-2H3,(H,16,17). The van der Waals surface area contributed by atoms with Crippen LogP contribution in [0, 0.1) is 11.8 Å². The average Bonchev–Trinajstić information content (AvgIpc) is 2.76. The summed E-state index contributed by atoms with van der Waals surface area (Å²) in [5, 5.41) is 12.5. The second-order valence-electron chi connectivity index (χ2n) is 5.45. The van der Waals surface area contributed by atoms with Crippen LogP contribution >= 0.6 is 11.3 Å². The van der Waals surface area contributed by atoms with Gasteiger partial charge in [0.15, 0.2) is 0 Å². The van der Waals surface area contributed by atoms with Crippen molar-refractivity contribution in [3.05, 3.63) is 21.9 Å². The zero-order valence-electron chi connectivity index (χ0n) is 11.0. The van der Waals surface area contributed by atoms with E-state index in [9.17, 15) is 4.79 Å². The van der Waals surface area contributed by atoms with Crippen molar-refractivity contribution in [1.82, 2.24) is 5.32 Å². The summed E-state index contributed by atoms with van der Waals surface area (Å²) >= 11 is 1.37. The lowest BCUT2D eigenvalue weighted by Gasteiger charge is -2.33. The van der Waals surface area contributed by atoms with Crippen molar-refractivity contribution in [2.45, 2.75) is 45.7 Å². The Labute approximate surface area is 112 Å². The van der Waals surface area contributed by atoms with Crippen LogP contribution in [0.5, 0.6) is 0 Å². The van der Waals surface area contributed by atoms with Crippen LogP contribution in [-0.2, 0) is 6.54 Å². The van der Waals surface area contributed by atoms with E-state index >= 15 is 0 Å². The van der Waals surface area contributed by atoms with Gasteiger partial charge in [-0.2, -0.15) is 0 Å². The molecule has 1 fully saturated rings. The number of hydrogen-bond donors (Lipinski definition) is 2. The highest BCUT2D eigenvalue weighted by molar-refractivity contribution is 7.13. The summed E-state index contributed by atoms with van der Waals surface area (Å²) in [4.78, 5) is 12.3. The minimum absolute atomic E-state index is 0.428. The largest absolute Gasteiger partial charge is 0.477 e. The Morgan fingerprint density at radius 1 is 1.44 bits per heavy atom. The molecule has 0 bridgehead atoms. The van der Waals surface area contributed by atoms with Crippen molar-refractivity contribution in [2.75, 3.05) is 0 Å². The van der Waals surface area contributed by atoms with Gasteiger partial charge in [-0.3, -0.25) is 0 Å². The zero-order valence-corrected chi connectivity index (χ0v) is 11.8. The maximum atomic E-state index is 10.8. The number of carboxylic acid groups (broad SMARTS) is 1. The van der Waals surface area contributed by atoms with E-state index in [0.29, 0.717) is 16.8 Å². The second kappa shape index (κ2) is 5.85. The summed E-state index contributed by atoms with van der Waals surface area (Å²) in [6.07, 6.45) is 3.83. The molecule has 18 heavy (non-hydrogen) atoms. The van der Waals surface area contributed by atoms with Gasteiger partial charge in [-0.1, -0.05) is 13.8 Å². The monoisotopic (exact) mass is 267 g/mol. The molecule has 3 nitrogen and oxygen atoms in total. The first-order valence-corrected chi connectivity index (χ1v) is 7.43. The van der Waals surface area contributed by atoms with Crippen molar-refractivity contribution in [2.24, 2.45) is 11.8 Å². The molecule has 1 aromatic rings. The van der Waals surface area contributed by atoms with Crippen molar-refractivity contribution in [1.29, 1.82) is 0 Å². The fourth-order valence-electron chi connectivity index (χ4n) is 2.79. The van der Waals surface area contributed by atoms with Crippen molar-refractivity contribution >= 4 is 17.3 Å². The van der Waals surface area contributed by atoms with Gasteiger partial charge < -0.3 is 10.4 Å². The highest BCUT2D eigenvalue weighted by Gasteiger charge is 2.24. The van der Waals surface area contributed by atoms with Crippen LogP contribution in [0.25, 0.3) is 0 Å². The topological polar surface area (TPSA) is 49.3 Å². The lowest BCUT2D eigenvalue weighted by atomic mass is 9.80. The first-order valence-electron chi connectivity index (χ1n) is 6.61. The number of thiophene rings is 1. The normalized spacial score (nSPS) is 28.2. The molecule has 4 heteroatoms. The molecule has 1 aromatic heterocycles. The van der Waals surface area contributed by atoms with E-state index in [1.165, 1.54) is 30.6 Å². The van der Waals surface area contributed by atoms with Crippen LogP contribution in [0.3, 0.4) is 0 Å².